The number of hydrogen-bond acceptors (Lipinski definition) is 2. The first kappa shape index (κ1) is 4.18. The molecule has 1 saturated heterocycles. The van der Waals surface area contributed by atoms with Crippen molar-refractivity contribution in [2.45, 2.75) is 11.7 Å². The third-order valence-electron chi connectivity index (χ3n) is 0.617. The molecule has 1 fully saturated rings. The van der Waals surface area contributed by atoms with Crippen molar-refractivity contribution in [1.82, 2.24) is 0 Å². The van der Waals surface area contributed by atoms with Gasteiger partial charge in [0.25, 0.3) is 0 Å². The van der Waals surface area contributed by atoms with Gasteiger partial charge in [0.05, 0.1) is 0 Å². The Bertz CT molecular complexity index is 63.2. The standard InChI is InChI=1S/C3H4GeO2/c5-3-1-2-4-6-3/h1-2H2. The van der Waals surface area contributed by atoms with E-state index >= 15 is 0 Å². The number of carbonyl (C=O) groups is 1. The van der Waals surface area contributed by atoms with Crippen LogP contribution in [0.3, 0.4) is 0 Å². The SMILES string of the molecule is O=C1C[CH2][Ge][O]1. The van der Waals surface area contributed by atoms with Crippen molar-refractivity contribution in [3.8, 4) is 0 Å². The molecule has 3 heteroatoms. The van der Waals surface area contributed by atoms with Crippen LogP contribution in [-0.4, -0.2) is 21.7 Å². The molecule has 0 aromatic rings. The Balaban J connectivity index is 2.37. The van der Waals surface area contributed by atoms with E-state index in [1.807, 2.05) is 0 Å². The monoisotopic (exact) mass is 146 g/mol. The molecule has 0 spiro atoms. The molecule has 0 aromatic carbocycles. The molecule has 1 aliphatic heterocycles. The van der Waals surface area contributed by atoms with Gasteiger partial charge in [0.15, 0.2) is 0 Å². The van der Waals surface area contributed by atoms with E-state index in [1.54, 1.807) is 0 Å². The molecule has 2 radical (unpaired) electrons. The molecule has 2 nitrogen and oxygen atoms in total. The average molecular weight is 145 g/mol. The summed E-state index contributed by atoms with van der Waals surface area (Å²) >= 11 is -0.255. The number of hydrogen-bond donors (Lipinski definition) is 0. The van der Waals surface area contributed by atoms with Crippen LogP contribution in [0.2, 0.25) is 5.25 Å². The third-order valence-corrected chi connectivity index (χ3v) is 2.35. The van der Waals surface area contributed by atoms with E-state index in [-0.39, 0.29) is 21.7 Å². The fourth-order valence-electron chi connectivity index (χ4n) is 0.336. The van der Waals surface area contributed by atoms with E-state index in [9.17, 15) is 4.79 Å². The molecule has 6 heavy (non-hydrogen) atoms. The van der Waals surface area contributed by atoms with Crippen molar-refractivity contribution >= 4 is 21.7 Å². The van der Waals surface area contributed by atoms with E-state index in [0.717, 1.165) is 5.25 Å². The van der Waals surface area contributed by atoms with Crippen molar-refractivity contribution in [3.63, 3.8) is 0 Å². The molecule has 0 N–H and O–H groups in total. The van der Waals surface area contributed by atoms with Crippen molar-refractivity contribution in [1.29, 1.82) is 0 Å². The minimum absolute atomic E-state index is 0.00926. The molecule has 0 aromatic heterocycles. The first-order valence-corrected chi connectivity index (χ1v) is 4.16. The zero-order valence-corrected chi connectivity index (χ0v) is 5.33. The van der Waals surface area contributed by atoms with Gasteiger partial charge in [-0.05, 0) is 0 Å². The number of rotatable bonds is 0. The predicted octanol–water partition coefficient (Wildman–Crippen LogP) is -0.0292. The Morgan fingerprint density at radius 1 is 1.83 bits per heavy atom. The van der Waals surface area contributed by atoms with Crippen LogP contribution in [0.5, 0.6) is 0 Å². The van der Waals surface area contributed by atoms with Gasteiger partial charge in [0.1, 0.15) is 0 Å². The molecular formula is C3H4GeO2. The fourth-order valence-corrected chi connectivity index (χ4v) is 1.74. The Morgan fingerprint density at radius 3 is 2.83 bits per heavy atom. The van der Waals surface area contributed by atoms with Crippen molar-refractivity contribution < 1.29 is 8.56 Å². The van der Waals surface area contributed by atoms with Crippen molar-refractivity contribution in [2.24, 2.45) is 0 Å². The molecule has 1 heterocycles. The second-order valence-corrected chi connectivity index (χ2v) is 3.20. The molecule has 1 aliphatic rings. The fraction of sp³-hybridized carbons (Fsp3) is 0.667. The topological polar surface area (TPSA) is 26.3 Å². The Morgan fingerprint density at radius 2 is 2.67 bits per heavy atom. The van der Waals surface area contributed by atoms with Gasteiger partial charge in [0, 0.05) is 0 Å². The molecule has 32 valence electrons. The van der Waals surface area contributed by atoms with Gasteiger partial charge in [-0.2, -0.15) is 0 Å². The summed E-state index contributed by atoms with van der Waals surface area (Å²) < 4.78 is 4.64. The zero-order chi connectivity index (χ0) is 4.41. The van der Waals surface area contributed by atoms with Crippen LogP contribution in [0.1, 0.15) is 6.42 Å². The van der Waals surface area contributed by atoms with Gasteiger partial charge in [-0.15, -0.1) is 0 Å². The summed E-state index contributed by atoms with van der Waals surface area (Å²) in [6.07, 6.45) is 0.681. The van der Waals surface area contributed by atoms with E-state index in [0.29, 0.717) is 6.42 Å². The summed E-state index contributed by atoms with van der Waals surface area (Å²) in [7, 11) is 0. The van der Waals surface area contributed by atoms with Crippen LogP contribution >= 0.6 is 0 Å². The Kier molecular flexibility index (Phi) is 1.14. The maximum atomic E-state index is 10.1. The van der Waals surface area contributed by atoms with Crippen LogP contribution < -0.4 is 0 Å². The summed E-state index contributed by atoms with van der Waals surface area (Å²) in [4.78, 5) is 10.1. The second-order valence-electron chi connectivity index (χ2n) is 1.12. The van der Waals surface area contributed by atoms with E-state index in [4.69, 9.17) is 0 Å². The van der Waals surface area contributed by atoms with Gasteiger partial charge in [-0.1, -0.05) is 0 Å². The summed E-state index contributed by atoms with van der Waals surface area (Å²) in [5, 5.41) is 1.04. The molecule has 0 saturated carbocycles. The molecular weight excluding hydrogens is 141 g/mol. The van der Waals surface area contributed by atoms with Crippen molar-refractivity contribution in [3.05, 3.63) is 0 Å². The predicted molar refractivity (Wildman–Crippen MR) is 21.3 cm³/mol. The molecule has 0 atom stereocenters. The maximum absolute atomic E-state index is 10.1. The quantitative estimate of drug-likeness (QED) is 0.447. The average Bonchev–Trinajstić information content (AvgIpc) is 1.86. The first-order valence-electron chi connectivity index (χ1n) is 1.82. The zero-order valence-electron chi connectivity index (χ0n) is 3.23. The van der Waals surface area contributed by atoms with Crippen molar-refractivity contribution in [2.75, 3.05) is 0 Å². The second kappa shape index (κ2) is 1.64. The van der Waals surface area contributed by atoms with Crippen LogP contribution in [0, 0.1) is 0 Å². The van der Waals surface area contributed by atoms with Gasteiger partial charge in [-0.25, -0.2) is 0 Å². The third kappa shape index (κ3) is 0.741. The normalized spacial score (nSPS) is 21.0. The van der Waals surface area contributed by atoms with Gasteiger partial charge >= 0.3 is 42.0 Å². The molecule has 0 bridgehead atoms. The van der Waals surface area contributed by atoms with E-state index in [1.165, 1.54) is 0 Å². The van der Waals surface area contributed by atoms with Gasteiger partial charge in [-0.3, -0.25) is 0 Å². The summed E-state index contributed by atoms with van der Waals surface area (Å²) in [5.74, 6) is 0.00926. The molecule has 0 amide bonds. The van der Waals surface area contributed by atoms with Crippen LogP contribution in [0.4, 0.5) is 0 Å². The molecule has 1 rings (SSSR count). The molecule has 0 aliphatic carbocycles. The Hall–Kier alpha value is 0.0129. The number of carbonyl (C=O) groups excluding carboxylic acids is 1. The van der Waals surface area contributed by atoms with Crippen LogP contribution in [-0.2, 0) is 8.56 Å². The molecule has 0 unspecified atom stereocenters. The van der Waals surface area contributed by atoms with Gasteiger partial charge < -0.3 is 0 Å². The minimum atomic E-state index is -0.255. The van der Waals surface area contributed by atoms with Crippen LogP contribution in [0.25, 0.3) is 0 Å². The Labute approximate surface area is 42.7 Å². The summed E-state index contributed by atoms with van der Waals surface area (Å²) in [6.45, 7) is 0. The first-order chi connectivity index (χ1) is 2.89. The van der Waals surface area contributed by atoms with E-state index in [2.05, 4.69) is 3.76 Å². The van der Waals surface area contributed by atoms with Crippen LogP contribution in [0.15, 0.2) is 0 Å². The summed E-state index contributed by atoms with van der Waals surface area (Å²) in [5.41, 5.74) is 0. The van der Waals surface area contributed by atoms with E-state index < -0.39 is 0 Å². The van der Waals surface area contributed by atoms with Gasteiger partial charge in [0.2, 0.25) is 0 Å². The summed E-state index contributed by atoms with van der Waals surface area (Å²) in [6, 6.07) is 0.